The first-order chi connectivity index (χ1) is 22.4. The van der Waals surface area contributed by atoms with Crippen LogP contribution in [-0.4, -0.2) is 136 Å². The van der Waals surface area contributed by atoms with Crippen LogP contribution in [0.4, 0.5) is 4.79 Å². The average Bonchev–Trinajstić information content (AvgIpc) is 3.27. The number of ether oxygens (including phenoxy) is 6. The topological polar surface area (TPSA) is 142 Å². The van der Waals surface area contributed by atoms with Crippen molar-refractivity contribution in [3.05, 3.63) is 0 Å². The fraction of sp³-hybridized carbons (Fsp3) is 0.857. The highest BCUT2D eigenvalue weighted by atomic mass is 16.7. The van der Waals surface area contributed by atoms with Crippen molar-refractivity contribution in [2.45, 2.75) is 129 Å². The van der Waals surface area contributed by atoms with E-state index in [0.29, 0.717) is 12.8 Å². The number of hydrogen-bond donors (Lipinski definition) is 0. The summed E-state index contributed by atoms with van der Waals surface area (Å²) < 4.78 is 37.5. The maximum atomic E-state index is 14.3. The van der Waals surface area contributed by atoms with Gasteiger partial charge in [0.15, 0.2) is 17.7 Å². The van der Waals surface area contributed by atoms with Gasteiger partial charge in [0.2, 0.25) is 0 Å². The Labute approximate surface area is 286 Å². The van der Waals surface area contributed by atoms with E-state index in [1.165, 1.54) is 11.8 Å². The number of esters is 1. The molecule has 0 spiro atoms. The number of carbonyl (C=O) groups is 4. The van der Waals surface area contributed by atoms with Gasteiger partial charge in [0.05, 0.1) is 30.5 Å². The van der Waals surface area contributed by atoms with Gasteiger partial charge in [0.1, 0.15) is 23.9 Å². The first-order valence-corrected chi connectivity index (χ1v) is 17.2. The quantitative estimate of drug-likeness (QED) is 0.211. The number of Topliss-reactive ketones (excluding diaryl/α,β-unsaturated/α-hetero) is 2. The lowest BCUT2D eigenvalue weighted by Crippen LogP contribution is -2.60. The van der Waals surface area contributed by atoms with Gasteiger partial charge >= 0.3 is 12.1 Å². The lowest BCUT2D eigenvalue weighted by Gasteiger charge is -2.48. The summed E-state index contributed by atoms with van der Waals surface area (Å²) >= 11 is 0. The van der Waals surface area contributed by atoms with Crippen molar-refractivity contribution >= 4 is 29.8 Å². The minimum absolute atomic E-state index is 0.0449. The molecule has 3 fully saturated rings. The van der Waals surface area contributed by atoms with Crippen LogP contribution >= 0.6 is 0 Å². The van der Waals surface area contributed by atoms with Gasteiger partial charge in [-0.2, -0.15) is 0 Å². The molecular weight excluding hydrogens is 622 g/mol. The summed E-state index contributed by atoms with van der Waals surface area (Å²) in [4.78, 5) is 62.9. The molecule has 0 unspecified atom stereocenters. The fourth-order valence-corrected chi connectivity index (χ4v) is 8.12. The number of hydrogen-bond acceptors (Lipinski definition) is 12. The zero-order valence-corrected chi connectivity index (χ0v) is 31.2. The predicted octanol–water partition coefficient (Wildman–Crippen LogP) is 3.55. The maximum Gasteiger partial charge on any atom is 0.410 e. The number of methoxy groups -OCH3 is 1. The number of fused-ring (bicyclic) bond motifs is 1. The second kappa shape index (κ2) is 16.1. The molecular formula is C35H59N3O10. The van der Waals surface area contributed by atoms with Crippen LogP contribution in [0.3, 0.4) is 0 Å². The summed E-state index contributed by atoms with van der Waals surface area (Å²) in [6.07, 6.45) is -1.32. The van der Waals surface area contributed by atoms with Gasteiger partial charge < -0.3 is 38.2 Å². The third kappa shape index (κ3) is 7.96. The molecule has 3 aliphatic rings. The van der Waals surface area contributed by atoms with Crippen LogP contribution < -0.4 is 0 Å². The second-order valence-electron chi connectivity index (χ2n) is 14.6. The van der Waals surface area contributed by atoms with Gasteiger partial charge in [-0.05, 0) is 61.1 Å². The normalized spacial score (nSPS) is 42.1. The molecule has 3 aliphatic heterocycles. The molecule has 0 N–H and O–H groups in total. The van der Waals surface area contributed by atoms with Crippen LogP contribution in [0.1, 0.15) is 74.7 Å². The summed E-state index contributed by atoms with van der Waals surface area (Å²) in [5.41, 5.74) is -2.59. The van der Waals surface area contributed by atoms with Crippen LogP contribution in [0.5, 0.6) is 0 Å². The van der Waals surface area contributed by atoms with Crippen molar-refractivity contribution in [2.75, 3.05) is 41.9 Å². The average molecular weight is 682 g/mol. The molecule has 0 aromatic heterocycles. The van der Waals surface area contributed by atoms with Crippen LogP contribution in [-0.2, 0) is 42.8 Å². The van der Waals surface area contributed by atoms with E-state index >= 15 is 0 Å². The zero-order valence-electron chi connectivity index (χ0n) is 31.2. The van der Waals surface area contributed by atoms with Gasteiger partial charge in [0.25, 0.3) is 0 Å². The summed E-state index contributed by atoms with van der Waals surface area (Å²) in [7, 11) is 8.74. The number of rotatable bonds is 8. The van der Waals surface area contributed by atoms with Crippen LogP contribution in [0.15, 0.2) is 4.99 Å². The Morgan fingerprint density at radius 2 is 1.69 bits per heavy atom. The number of nitrogens with zero attached hydrogens (tertiary/aromatic N) is 3. The second-order valence-corrected chi connectivity index (χ2v) is 14.6. The number of cyclic esters (lactones) is 1. The predicted molar refractivity (Wildman–Crippen MR) is 179 cm³/mol. The molecule has 274 valence electrons. The van der Waals surface area contributed by atoms with Gasteiger partial charge in [0, 0.05) is 51.2 Å². The van der Waals surface area contributed by atoms with Crippen molar-refractivity contribution < 1.29 is 47.6 Å². The first kappa shape index (κ1) is 40.0. The summed E-state index contributed by atoms with van der Waals surface area (Å²) in [5.74, 6) is -4.70. The van der Waals surface area contributed by atoms with E-state index < -0.39 is 83.4 Å². The molecule has 3 rings (SSSR count). The number of carbonyl (C=O) groups excluding carboxylic acids is 4. The Balaban J connectivity index is 2.19. The third-order valence-corrected chi connectivity index (χ3v) is 10.7. The molecule has 48 heavy (non-hydrogen) atoms. The summed E-state index contributed by atoms with van der Waals surface area (Å²) in [6, 6.07) is -0.781. The molecule has 0 radical (unpaired) electrons. The van der Waals surface area contributed by atoms with Gasteiger partial charge in [-0.15, -0.1) is 0 Å². The Morgan fingerprint density at radius 3 is 2.25 bits per heavy atom. The lowest BCUT2D eigenvalue weighted by molar-refractivity contribution is -0.300. The molecule has 0 saturated carbocycles. The molecule has 3 saturated heterocycles. The van der Waals surface area contributed by atoms with E-state index in [1.54, 1.807) is 48.2 Å². The smallest absolute Gasteiger partial charge is 0.410 e. The Bertz CT molecular complexity index is 1200. The minimum atomic E-state index is -1.33. The summed E-state index contributed by atoms with van der Waals surface area (Å²) in [6.45, 7) is 14.2. The van der Waals surface area contributed by atoms with Crippen molar-refractivity contribution in [3.8, 4) is 0 Å². The van der Waals surface area contributed by atoms with Crippen molar-refractivity contribution in [3.63, 3.8) is 0 Å². The molecule has 0 bridgehead atoms. The molecule has 3 heterocycles. The standard InChI is InChI=1S/C35H59N3O10/c1-14-25-35(8)29(38(12)33(42)48-35)21(4)26(39)19(2)18-34(7,44-16-15-36-9)30(22(5)27(40)23(6)31(41)46-25)47-32-28(43-13)24(37(10)11)17-20(3)45-32/h15,19-25,28-30,32H,14,16-18H2,1-13H3/t19-,20-,21+,22+,23-,24+,25-,28-,29-,30-,32+,34+,35-/m1/s1. The van der Waals surface area contributed by atoms with Gasteiger partial charge in [-0.1, -0.05) is 27.7 Å². The van der Waals surface area contributed by atoms with Gasteiger partial charge in [-0.25, -0.2) is 4.79 Å². The highest BCUT2D eigenvalue weighted by Gasteiger charge is 2.59. The van der Waals surface area contributed by atoms with Crippen molar-refractivity contribution in [1.82, 2.24) is 9.80 Å². The van der Waals surface area contributed by atoms with E-state index in [9.17, 15) is 19.2 Å². The van der Waals surface area contributed by atoms with Crippen LogP contribution in [0, 0.1) is 23.7 Å². The first-order valence-electron chi connectivity index (χ1n) is 17.2. The van der Waals surface area contributed by atoms with E-state index in [0.717, 1.165) is 0 Å². The van der Waals surface area contributed by atoms with Crippen LogP contribution in [0.2, 0.25) is 0 Å². The highest BCUT2D eigenvalue weighted by Crippen LogP contribution is 2.42. The van der Waals surface area contributed by atoms with E-state index in [4.69, 9.17) is 28.4 Å². The SMILES string of the molecule is CC[C@H]1OC(=O)[C@H](C)C(=O)[C@H](C)[C@@H](O[C@@H]2O[C@H](C)C[C@H](N(C)C)[C@H]2OC)[C@@](C)(OCC=NC)C[C@@H](C)C(=O)[C@H](C)[C@H]2N(C)C(=O)O[C@]12C. The molecule has 0 aromatic rings. The molecule has 1 amide bonds. The molecule has 0 aromatic carbocycles. The Hall–Kier alpha value is -2.45. The minimum Gasteiger partial charge on any atom is -0.458 e. The molecule has 0 aliphatic carbocycles. The van der Waals surface area contributed by atoms with Gasteiger partial charge in [-0.3, -0.25) is 19.4 Å². The maximum absolute atomic E-state index is 14.3. The van der Waals surface area contributed by atoms with E-state index in [-0.39, 0.29) is 31.0 Å². The highest BCUT2D eigenvalue weighted by molar-refractivity contribution is 6.00. The van der Waals surface area contributed by atoms with E-state index in [2.05, 4.69) is 9.89 Å². The number of likely N-dealkylation sites (N-methyl/N-ethyl adjacent to an activating group) is 2. The zero-order chi connectivity index (χ0) is 36.3. The number of aliphatic imine (C=N–C) groups is 1. The monoisotopic (exact) mass is 681 g/mol. The number of ketones is 2. The molecule has 13 heteroatoms. The molecule has 13 nitrogen and oxygen atoms in total. The fourth-order valence-electron chi connectivity index (χ4n) is 8.12. The third-order valence-electron chi connectivity index (χ3n) is 10.7. The molecule has 13 atom stereocenters. The Morgan fingerprint density at radius 1 is 1.04 bits per heavy atom. The lowest BCUT2D eigenvalue weighted by atomic mass is 9.73. The largest absolute Gasteiger partial charge is 0.458 e. The summed E-state index contributed by atoms with van der Waals surface area (Å²) in [5, 5.41) is 0. The number of amides is 1. The van der Waals surface area contributed by atoms with Crippen LogP contribution in [0.25, 0.3) is 0 Å². The van der Waals surface area contributed by atoms with Crippen molar-refractivity contribution in [2.24, 2.45) is 28.7 Å². The van der Waals surface area contributed by atoms with Crippen molar-refractivity contribution in [1.29, 1.82) is 0 Å². The Kier molecular flexibility index (Phi) is 13.4. The van der Waals surface area contributed by atoms with E-state index in [1.807, 2.05) is 41.8 Å².